The third-order valence-electron chi connectivity index (χ3n) is 4.05. The molecule has 0 aliphatic heterocycles. The van der Waals surface area contributed by atoms with E-state index in [1.165, 1.54) is 24.3 Å². The molecule has 2 aromatic carbocycles. The van der Waals surface area contributed by atoms with Crippen LogP contribution in [0.15, 0.2) is 64.3 Å². The van der Waals surface area contributed by atoms with Gasteiger partial charge in [0.2, 0.25) is 5.91 Å². The molecule has 7 nitrogen and oxygen atoms in total. The lowest BCUT2D eigenvalue weighted by Gasteiger charge is -2.10. The van der Waals surface area contributed by atoms with E-state index in [0.29, 0.717) is 33.8 Å². The fourth-order valence-corrected chi connectivity index (χ4v) is 3.46. The van der Waals surface area contributed by atoms with Crippen LogP contribution in [0.1, 0.15) is 5.76 Å². The van der Waals surface area contributed by atoms with Crippen LogP contribution in [0.4, 0.5) is 14.6 Å². The molecule has 0 aliphatic rings. The number of rotatable bonds is 6. The number of carbonyl (C=O) groups excluding carboxylic acids is 1. The molecule has 0 saturated heterocycles. The van der Waals surface area contributed by atoms with Gasteiger partial charge in [-0.25, -0.2) is 8.78 Å². The Kier molecular flexibility index (Phi) is 5.57. The van der Waals surface area contributed by atoms with Crippen LogP contribution in [0.2, 0.25) is 0 Å². The van der Waals surface area contributed by atoms with Crippen LogP contribution in [0.5, 0.6) is 0 Å². The van der Waals surface area contributed by atoms with E-state index in [1.54, 1.807) is 41.8 Å². The van der Waals surface area contributed by atoms with Crippen molar-refractivity contribution < 1.29 is 18.1 Å². The van der Waals surface area contributed by atoms with Gasteiger partial charge in [-0.2, -0.15) is 0 Å². The molecule has 0 fully saturated rings. The van der Waals surface area contributed by atoms with Crippen molar-refractivity contribution in [2.45, 2.75) is 12.1 Å². The van der Waals surface area contributed by atoms with Gasteiger partial charge in [0.25, 0.3) is 0 Å². The molecule has 0 spiro atoms. The molecule has 2 aromatic heterocycles. The molecule has 1 N–H and O–H groups in total. The minimum absolute atomic E-state index is 0.0364. The Bertz CT molecular complexity index is 1170. The Labute approximate surface area is 174 Å². The standard InChI is InChI=1S/C20H15F2N5O2S/c1-12-10-17(26-29-12)23-18(28)11-30-20-25-24-19(13-2-4-14(21)5-3-13)27(20)16-8-6-15(22)7-9-16/h2-10H,11H2,1H3,(H,23,26,28). The lowest BCUT2D eigenvalue weighted by Crippen LogP contribution is -2.14. The Hall–Kier alpha value is -3.53. The summed E-state index contributed by atoms with van der Waals surface area (Å²) in [7, 11) is 0. The summed E-state index contributed by atoms with van der Waals surface area (Å²) in [5.41, 5.74) is 1.23. The molecule has 0 unspecified atom stereocenters. The number of aromatic nitrogens is 4. The first-order valence-corrected chi connectivity index (χ1v) is 9.81. The highest BCUT2D eigenvalue weighted by molar-refractivity contribution is 7.99. The molecule has 2 heterocycles. The van der Waals surface area contributed by atoms with Crippen molar-refractivity contribution in [3.05, 3.63) is 72.0 Å². The van der Waals surface area contributed by atoms with Gasteiger partial charge in [0.1, 0.15) is 17.4 Å². The number of thioether (sulfide) groups is 1. The van der Waals surface area contributed by atoms with Crippen LogP contribution in [0, 0.1) is 18.6 Å². The van der Waals surface area contributed by atoms with Gasteiger partial charge in [-0.15, -0.1) is 10.2 Å². The van der Waals surface area contributed by atoms with Gasteiger partial charge >= 0.3 is 0 Å². The summed E-state index contributed by atoms with van der Waals surface area (Å²) >= 11 is 1.15. The first kappa shape index (κ1) is 19.8. The van der Waals surface area contributed by atoms with E-state index in [9.17, 15) is 13.6 Å². The third-order valence-corrected chi connectivity index (χ3v) is 4.98. The van der Waals surface area contributed by atoms with Crippen molar-refractivity contribution >= 4 is 23.5 Å². The smallest absolute Gasteiger partial charge is 0.236 e. The summed E-state index contributed by atoms with van der Waals surface area (Å²) in [6.07, 6.45) is 0. The van der Waals surface area contributed by atoms with Crippen LogP contribution in [0.3, 0.4) is 0 Å². The summed E-state index contributed by atoms with van der Waals surface area (Å²) in [5.74, 6) is 0.326. The highest BCUT2D eigenvalue weighted by Crippen LogP contribution is 2.28. The maximum atomic E-state index is 13.4. The van der Waals surface area contributed by atoms with Gasteiger partial charge in [0.05, 0.1) is 5.75 Å². The van der Waals surface area contributed by atoms with Crippen molar-refractivity contribution in [3.63, 3.8) is 0 Å². The van der Waals surface area contributed by atoms with Crippen molar-refractivity contribution in [1.82, 2.24) is 19.9 Å². The van der Waals surface area contributed by atoms with Crippen molar-refractivity contribution in [1.29, 1.82) is 0 Å². The Morgan fingerprint density at radius 1 is 1.07 bits per heavy atom. The van der Waals surface area contributed by atoms with Crippen molar-refractivity contribution in [2.24, 2.45) is 0 Å². The lowest BCUT2D eigenvalue weighted by atomic mass is 10.2. The van der Waals surface area contributed by atoms with E-state index < -0.39 is 0 Å². The van der Waals surface area contributed by atoms with E-state index in [1.807, 2.05) is 0 Å². The summed E-state index contributed by atoms with van der Waals surface area (Å²) in [5, 5.41) is 15.1. The van der Waals surface area contributed by atoms with Crippen molar-refractivity contribution in [3.8, 4) is 17.1 Å². The molecule has 4 aromatic rings. The number of hydrogen-bond acceptors (Lipinski definition) is 6. The third kappa shape index (κ3) is 4.38. The Morgan fingerprint density at radius 2 is 1.73 bits per heavy atom. The maximum Gasteiger partial charge on any atom is 0.236 e. The average molecular weight is 427 g/mol. The summed E-state index contributed by atoms with van der Waals surface area (Å²) < 4.78 is 33.3. The van der Waals surface area contributed by atoms with Crippen LogP contribution >= 0.6 is 11.8 Å². The van der Waals surface area contributed by atoms with Gasteiger partial charge in [0, 0.05) is 17.3 Å². The van der Waals surface area contributed by atoms with Gasteiger partial charge in [-0.1, -0.05) is 16.9 Å². The van der Waals surface area contributed by atoms with Crippen molar-refractivity contribution in [2.75, 3.05) is 11.1 Å². The Morgan fingerprint density at radius 3 is 2.37 bits per heavy atom. The molecule has 0 aliphatic carbocycles. The second-order valence-electron chi connectivity index (χ2n) is 6.28. The second kappa shape index (κ2) is 8.46. The first-order chi connectivity index (χ1) is 14.5. The zero-order valence-corrected chi connectivity index (χ0v) is 16.5. The van der Waals surface area contributed by atoms with E-state index in [2.05, 4.69) is 20.7 Å². The minimum Gasteiger partial charge on any atom is -0.360 e. The zero-order valence-electron chi connectivity index (χ0n) is 15.7. The number of amides is 1. The predicted molar refractivity (Wildman–Crippen MR) is 107 cm³/mol. The number of benzene rings is 2. The molecular formula is C20H15F2N5O2S. The number of anilines is 1. The fraction of sp³-hybridized carbons (Fsp3) is 0.100. The van der Waals surface area contributed by atoms with Crippen LogP contribution in [-0.2, 0) is 4.79 Å². The second-order valence-corrected chi connectivity index (χ2v) is 7.23. The maximum absolute atomic E-state index is 13.4. The molecule has 30 heavy (non-hydrogen) atoms. The molecule has 1 amide bonds. The van der Waals surface area contributed by atoms with Gasteiger partial charge in [0.15, 0.2) is 16.8 Å². The van der Waals surface area contributed by atoms with E-state index in [4.69, 9.17) is 4.52 Å². The summed E-state index contributed by atoms with van der Waals surface area (Å²) in [6, 6.07) is 13.2. The monoisotopic (exact) mass is 427 g/mol. The highest BCUT2D eigenvalue weighted by Gasteiger charge is 2.18. The molecule has 0 atom stereocenters. The minimum atomic E-state index is -0.383. The number of carbonyl (C=O) groups is 1. The molecule has 0 saturated carbocycles. The molecule has 152 valence electrons. The topological polar surface area (TPSA) is 85.8 Å². The quantitative estimate of drug-likeness (QED) is 0.463. The van der Waals surface area contributed by atoms with E-state index >= 15 is 0 Å². The van der Waals surface area contributed by atoms with Crippen LogP contribution < -0.4 is 5.32 Å². The normalized spacial score (nSPS) is 10.9. The van der Waals surface area contributed by atoms with Crippen LogP contribution in [-0.4, -0.2) is 31.6 Å². The Balaban J connectivity index is 1.61. The zero-order chi connectivity index (χ0) is 21.1. The number of hydrogen-bond donors (Lipinski definition) is 1. The molecule has 0 radical (unpaired) electrons. The fourth-order valence-electron chi connectivity index (χ4n) is 2.71. The molecule has 10 heteroatoms. The predicted octanol–water partition coefficient (Wildman–Crippen LogP) is 4.24. The highest BCUT2D eigenvalue weighted by atomic mass is 32.2. The average Bonchev–Trinajstić information content (AvgIpc) is 3.34. The summed E-state index contributed by atoms with van der Waals surface area (Å²) in [6.45, 7) is 1.72. The van der Waals surface area contributed by atoms with Crippen LogP contribution in [0.25, 0.3) is 17.1 Å². The van der Waals surface area contributed by atoms with Gasteiger partial charge in [-0.05, 0) is 55.5 Å². The lowest BCUT2D eigenvalue weighted by molar-refractivity contribution is -0.113. The number of nitrogens with one attached hydrogen (secondary N) is 1. The number of halogens is 2. The first-order valence-electron chi connectivity index (χ1n) is 8.83. The number of aryl methyl sites for hydroxylation is 1. The van der Waals surface area contributed by atoms with E-state index in [-0.39, 0.29) is 23.3 Å². The summed E-state index contributed by atoms with van der Waals surface area (Å²) in [4.78, 5) is 12.2. The molecule has 0 bridgehead atoms. The number of nitrogens with zero attached hydrogens (tertiary/aromatic N) is 4. The van der Waals surface area contributed by atoms with E-state index in [0.717, 1.165) is 11.8 Å². The van der Waals surface area contributed by atoms with Gasteiger partial charge < -0.3 is 9.84 Å². The molecule has 4 rings (SSSR count). The molecular weight excluding hydrogens is 412 g/mol. The van der Waals surface area contributed by atoms with Gasteiger partial charge in [-0.3, -0.25) is 9.36 Å². The largest absolute Gasteiger partial charge is 0.360 e. The SMILES string of the molecule is Cc1cc(NC(=O)CSc2nnc(-c3ccc(F)cc3)n2-c2ccc(F)cc2)no1.